The lowest BCUT2D eigenvalue weighted by Crippen LogP contribution is -2.11. The van der Waals surface area contributed by atoms with Gasteiger partial charge in [-0.05, 0) is 17.3 Å². The third kappa shape index (κ3) is 4.93. The van der Waals surface area contributed by atoms with Crippen LogP contribution in [0.25, 0.3) is 11.4 Å². The number of benzene rings is 1. The Labute approximate surface area is 133 Å². The number of nitro benzene ring substituents is 1. The second-order valence-electron chi connectivity index (χ2n) is 4.02. The van der Waals surface area contributed by atoms with Gasteiger partial charge in [-0.15, -0.1) is 21.5 Å². The maximum absolute atomic E-state index is 10.5. The molecular weight excluding hydrogens is 324 g/mol. The van der Waals surface area contributed by atoms with Crippen LogP contribution in [0.4, 0.5) is 5.69 Å². The van der Waals surface area contributed by atoms with Crippen LogP contribution in [0.15, 0.2) is 41.4 Å². The number of tetrazole rings is 1. The van der Waals surface area contributed by atoms with Gasteiger partial charge in [0.15, 0.2) is 6.54 Å². The van der Waals surface area contributed by atoms with Gasteiger partial charge in [-0.25, -0.2) is 0 Å². The maximum Gasteiger partial charge on any atom is 0.327 e. The summed E-state index contributed by atoms with van der Waals surface area (Å²) in [4.78, 5) is 25.1. The van der Waals surface area contributed by atoms with E-state index in [0.717, 1.165) is 4.80 Å². The van der Waals surface area contributed by atoms with Crippen molar-refractivity contribution >= 4 is 23.0 Å². The van der Waals surface area contributed by atoms with Crippen molar-refractivity contribution in [3.05, 3.63) is 51.5 Å². The van der Waals surface area contributed by atoms with Crippen LogP contribution in [0.1, 0.15) is 0 Å². The van der Waals surface area contributed by atoms with E-state index in [4.69, 9.17) is 5.11 Å². The number of hydrogen-bond donors (Lipinski definition) is 1. The first-order valence-corrected chi connectivity index (χ1v) is 7.07. The number of aromatic nitrogens is 5. The molecule has 1 N–H and O–H groups in total. The number of nitrogens with zero attached hydrogens (tertiary/aromatic N) is 6. The van der Waals surface area contributed by atoms with Crippen LogP contribution >= 0.6 is 11.3 Å². The van der Waals surface area contributed by atoms with E-state index in [2.05, 4.69) is 20.4 Å². The number of hydrogen-bond acceptors (Lipinski definition) is 8. The molecule has 0 saturated carbocycles. The van der Waals surface area contributed by atoms with Crippen LogP contribution in [-0.2, 0) is 11.3 Å². The summed E-state index contributed by atoms with van der Waals surface area (Å²) in [5.41, 5.74) is 2.27. The molecule has 118 valence electrons. The fourth-order valence-corrected chi connectivity index (χ4v) is 1.81. The molecule has 0 bridgehead atoms. The molecule has 0 unspecified atom stereocenters. The highest BCUT2D eigenvalue weighted by molar-refractivity contribution is 7.07. The van der Waals surface area contributed by atoms with Gasteiger partial charge in [-0.3, -0.25) is 19.9 Å². The second kappa shape index (κ2) is 7.70. The summed E-state index contributed by atoms with van der Waals surface area (Å²) in [5.74, 6) is -0.867. The number of thiazole rings is 1. The zero-order valence-electron chi connectivity index (χ0n) is 11.5. The van der Waals surface area contributed by atoms with Crippen LogP contribution in [0, 0.1) is 10.1 Å². The van der Waals surface area contributed by atoms with E-state index in [9.17, 15) is 14.9 Å². The van der Waals surface area contributed by atoms with Crippen molar-refractivity contribution in [2.45, 2.75) is 6.54 Å². The molecule has 0 saturated heterocycles. The Kier molecular flexibility index (Phi) is 5.41. The van der Waals surface area contributed by atoms with Crippen molar-refractivity contribution in [1.82, 2.24) is 25.2 Å². The van der Waals surface area contributed by atoms with E-state index in [1.165, 1.54) is 24.3 Å². The summed E-state index contributed by atoms with van der Waals surface area (Å²) < 4.78 is 0. The molecule has 2 aromatic heterocycles. The van der Waals surface area contributed by atoms with Gasteiger partial charge in [0.25, 0.3) is 5.69 Å². The summed E-state index contributed by atoms with van der Waals surface area (Å²) >= 11 is 1.60. The molecule has 10 nitrogen and oxygen atoms in total. The first-order chi connectivity index (χ1) is 11.1. The average Bonchev–Trinajstić information content (AvgIpc) is 3.21. The highest BCUT2D eigenvalue weighted by atomic mass is 32.1. The zero-order valence-corrected chi connectivity index (χ0v) is 12.3. The van der Waals surface area contributed by atoms with E-state index in [1.807, 2.05) is 5.38 Å². The number of rotatable bonds is 4. The SMILES string of the molecule is O=C(O)Cn1nnc(-c2ccc([N+](=O)[O-])cc2)n1.c1cscn1. The fraction of sp³-hybridized carbons (Fsp3) is 0.0833. The minimum Gasteiger partial charge on any atom is -0.480 e. The molecule has 0 aliphatic heterocycles. The summed E-state index contributed by atoms with van der Waals surface area (Å²) in [5, 5.41) is 32.0. The molecule has 0 fully saturated rings. The van der Waals surface area contributed by atoms with Crippen molar-refractivity contribution in [3.8, 4) is 11.4 Å². The van der Waals surface area contributed by atoms with Crippen LogP contribution in [0.5, 0.6) is 0 Å². The molecule has 0 aliphatic rings. The van der Waals surface area contributed by atoms with Crippen molar-refractivity contribution in [3.63, 3.8) is 0 Å². The van der Waals surface area contributed by atoms with Gasteiger partial charge in [-0.2, -0.15) is 4.80 Å². The third-order valence-electron chi connectivity index (χ3n) is 2.41. The molecule has 23 heavy (non-hydrogen) atoms. The second-order valence-corrected chi connectivity index (χ2v) is 4.77. The van der Waals surface area contributed by atoms with Gasteiger partial charge in [0.05, 0.1) is 10.4 Å². The van der Waals surface area contributed by atoms with Crippen molar-refractivity contribution < 1.29 is 14.8 Å². The highest BCUT2D eigenvalue weighted by Crippen LogP contribution is 2.18. The van der Waals surface area contributed by atoms with Crippen molar-refractivity contribution in [2.24, 2.45) is 0 Å². The van der Waals surface area contributed by atoms with Gasteiger partial charge >= 0.3 is 5.97 Å². The Bertz CT molecular complexity index is 754. The smallest absolute Gasteiger partial charge is 0.327 e. The topological polar surface area (TPSA) is 137 Å². The molecule has 1 aromatic carbocycles. The lowest BCUT2D eigenvalue weighted by atomic mass is 10.2. The quantitative estimate of drug-likeness (QED) is 0.559. The number of non-ortho nitro benzene ring substituents is 1. The predicted octanol–water partition coefficient (Wildman–Crippen LogP) is 1.48. The van der Waals surface area contributed by atoms with E-state index < -0.39 is 10.9 Å². The van der Waals surface area contributed by atoms with E-state index in [-0.39, 0.29) is 18.1 Å². The normalized spacial score (nSPS) is 9.74. The number of carboxylic acids is 1. The van der Waals surface area contributed by atoms with Crippen LogP contribution in [0.2, 0.25) is 0 Å². The minimum absolute atomic E-state index is 0.0447. The lowest BCUT2D eigenvalue weighted by Gasteiger charge is -1.94. The molecule has 3 aromatic rings. The van der Waals surface area contributed by atoms with Gasteiger partial charge in [0.2, 0.25) is 5.82 Å². The van der Waals surface area contributed by atoms with Gasteiger partial charge in [0, 0.05) is 29.3 Å². The first-order valence-electron chi connectivity index (χ1n) is 6.13. The summed E-state index contributed by atoms with van der Waals surface area (Å²) in [6.07, 6.45) is 1.77. The Balaban J connectivity index is 0.000000326. The third-order valence-corrected chi connectivity index (χ3v) is 2.94. The Hall–Kier alpha value is -3.21. The molecule has 0 aliphatic carbocycles. The Morgan fingerprint density at radius 3 is 2.57 bits per heavy atom. The summed E-state index contributed by atoms with van der Waals surface area (Å²) in [6, 6.07) is 5.57. The standard InChI is InChI=1S/C9H7N5O4.C3H3NS/c15-8(16)5-13-11-9(10-12-13)6-1-3-7(4-2-6)14(17)18;1-2-5-3-4-1/h1-4H,5H2,(H,15,16);1-3H. The Morgan fingerprint density at radius 2 is 2.09 bits per heavy atom. The lowest BCUT2D eigenvalue weighted by molar-refractivity contribution is -0.384. The van der Waals surface area contributed by atoms with Crippen LogP contribution in [0.3, 0.4) is 0 Å². The maximum atomic E-state index is 10.5. The molecule has 11 heteroatoms. The summed E-state index contributed by atoms with van der Waals surface area (Å²) in [6.45, 7) is -0.389. The van der Waals surface area contributed by atoms with E-state index >= 15 is 0 Å². The first kappa shape index (κ1) is 16.2. The van der Waals surface area contributed by atoms with Gasteiger partial charge in [-0.1, -0.05) is 0 Å². The molecule has 0 spiro atoms. The van der Waals surface area contributed by atoms with Crippen LogP contribution < -0.4 is 0 Å². The van der Waals surface area contributed by atoms with Gasteiger partial charge < -0.3 is 5.11 Å². The van der Waals surface area contributed by atoms with Crippen molar-refractivity contribution in [2.75, 3.05) is 0 Å². The number of carbonyl (C=O) groups is 1. The highest BCUT2D eigenvalue weighted by Gasteiger charge is 2.10. The predicted molar refractivity (Wildman–Crippen MR) is 79.7 cm³/mol. The number of aliphatic carboxylic acids is 1. The molecule has 2 heterocycles. The largest absolute Gasteiger partial charge is 0.480 e. The zero-order chi connectivity index (χ0) is 16.7. The van der Waals surface area contributed by atoms with Gasteiger partial charge in [0.1, 0.15) is 0 Å². The fourth-order valence-electron chi connectivity index (χ4n) is 1.45. The monoisotopic (exact) mass is 334 g/mol. The average molecular weight is 334 g/mol. The number of nitro groups is 1. The molecule has 0 atom stereocenters. The molecule has 0 radical (unpaired) electrons. The molecule has 0 amide bonds. The summed E-state index contributed by atoms with van der Waals surface area (Å²) in [7, 11) is 0. The molecule has 3 rings (SSSR count). The van der Waals surface area contributed by atoms with E-state index in [0.29, 0.717) is 5.56 Å². The van der Waals surface area contributed by atoms with E-state index in [1.54, 1.807) is 23.0 Å². The van der Waals surface area contributed by atoms with Crippen molar-refractivity contribution in [1.29, 1.82) is 0 Å². The minimum atomic E-state index is -1.08. The van der Waals surface area contributed by atoms with Crippen LogP contribution in [-0.4, -0.2) is 41.2 Å². The number of carboxylic acid groups (broad SMARTS) is 1. The molecular formula is C12H10N6O4S. The Morgan fingerprint density at radius 1 is 1.35 bits per heavy atom.